The molecule has 2 aromatic heterocycles. The fraction of sp³-hybridized carbons (Fsp3) is 0.556. The van der Waals surface area contributed by atoms with E-state index in [0.29, 0.717) is 31.2 Å². The number of carbonyl (C=O) groups is 1. The van der Waals surface area contributed by atoms with Crippen LogP contribution in [0.1, 0.15) is 41.6 Å². The predicted molar refractivity (Wildman–Crippen MR) is 96.2 cm³/mol. The quantitative estimate of drug-likeness (QED) is 0.874. The molecule has 1 saturated carbocycles. The number of hydrogen-bond acceptors (Lipinski definition) is 4. The van der Waals surface area contributed by atoms with Crippen LogP contribution >= 0.6 is 0 Å². The Morgan fingerprint density at radius 3 is 2.41 bits per heavy atom. The number of nitrogens with one attached hydrogen (secondary N) is 1. The van der Waals surface area contributed by atoms with Crippen LogP contribution in [0.25, 0.3) is 11.0 Å². The van der Waals surface area contributed by atoms with Crippen molar-refractivity contribution in [3.8, 4) is 0 Å². The Morgan fingerprint density at radius 2 is 1.81 bits per heavy atom. The van der Waals surface area contributed by atoms with E-state index in [-0.39, 0.29) is 22.6 Å². The molecule has 1 amide bonds. The summed E-state index contributed by atoms with van der Waals surface area (Å²) in [6, 6.07) is -0.175. The highest BCUT2D eigenvalue weighted by atomic mass is 19.3. The Hall–Kier alpha value is -2.58. The van der Waals surface area contributed by atoms with Gasteiger partial charge in [-0.05, 0) is 38.2 Å². The van der Waals surface area contributed by atoms with E-state index in [1.807, 2.05) is 0 Å². The minimum atomic E-state index is -2.32. The third-order valence-electron chi connectivity index (χ3n) is 5.44. The minimum Gasteiger partial charge on any atom is -0.349 e. The van der Waals surface area contributed by atoms with Crippen molar-refractivity contribution in [2.75, 3.05) is 0 Å². The number of rotatable bonds is 3. The van der Waals surface area contributed by atoms with Gasteiger partial charge in [0.1, 0.15) is 5.65 Å². The number of amides is 1. The summed E-state index contributed by atoms with van der Waals surface area (Å²) in [6.45, 7) is 1.64. The molecule has 1 aliphatic rings. The highest BCUT2D eigenvalue weighted by Gasteiger charge is 2.28. The summed E-state index contributed by atoms with van der Waals surface area (Å²) in [6.07, 6.45) is 0.766. The summed E-state index contributed by atoms with van der Waals surface area (Å²) in [4.78, 5) is 41.3. The largest absolute Gasteiger partial charge is 0.349 e. The minimum absolute atomic E-state index is 0.175. The van der Waals surface area contributed by atoms with E-state index in [0.717, 1.165) is 4.57 Å². The molecule has 2 heterocycles. The summed E-state index contributed by atoms with van der Waals surface area (Å²) < 4.78 is 27.8. The zero-order valence-corrected chi connectivity index (χ0v) is 15.5. The molecule has 146 valence electrons. The fourth-order valence-electron chi connectivity index (χ4n) is 3.68. The van der Waals surface area contributed by atoms with E-state index in [1.165, 1.54) is 24.9 Å². The normalized spacial score (nSPS) is 20.2. The molecule has 0 unspecified atom stereocenters. The molecule has 0 saturated heterocycles. The number of fused-ring (bicyclic) bond motifs is 1. The molecule has 1 N–H and O–H groups in total. The molecule has 0 atom stereocenters. The molecular formula is C18H22F2N4O3. The molecule has 3 rings (SSSR count). The van der Waals surface area contributed by atoms with Crippen molar-refractivity contribution < 1.29 is 13.6 Å². The maximum absolute atomic E-state index is 12.8. The van der Waals surface area contributed by atoms with E-state index < -0.39 is 29.5 Å². The van der Waals surface area contributed by atoms with Gasteiger partial charge >= 0.3 is 5.69 Å². The summed E-state index contributed by atoms with van der Waals surface area (Å²) in [5, 5.41) is 3.08. The summed E-state index contributed by atoms with van der Waals surface area (Å²) in [7, 11) is 2.88. The number of aromatic nitrogens is 3. The van der Waals surface area contributed by atoms with Gasteiger partial charge in [0.05, 0.1) is 10.9 Å². The van der Waals surface area contributed by atoms with E-state index >= 15 is 0 Å². The van der Waals surface area contributed by atoms with Gasteiger partial charge < -0.3 is 5.32 Å². The van der Waals surface area contributed by atoms with Crippen LogP contribution in [0.5, 0.6) is 0 Å². The van der Waals surface area contributed by atoms with Gasteiger partial charge in [-0.3, -0.25) is 18.7 Å². The Kier molecular flexibility index (Phi) is 5.12. The first kappa shape index (κ1) is 19.2. The average Bonchev–Trinajstić information content (AvgIpc) is 2.64. The van der Waals surface area contributed by atoms with Gasteiger partial charge in [0.25, 0.3) is 11.5 Å². The lowest BCUT2D eigenvalue weighted by atomic mass is 9.86. The van der Waals surface area contributed by atoms with E-state index in [9.17, 15) is 23.2 Å². The van der Waals surface area contributed by atoms with Gasteiger partial charge in [-0.25, -0.2) is 18.6 Å². The number of carbonyl (C=O) groups excluding carboxylic acids is 1. The van der Waals surface area contributed by atoms with Crippen LogP contribution in [-0.2, 0) is 14.1 Å². The van der Waals surface area contributed by atoms with Gasteiger partial charge in [0, 0.05) is 32.3 Å². The Bertz CT molecular complexity index is 1000. The monoisotopic (exact) mass is 380 g/mol. The Labute approximate surface area is 154 Å². The molecule has 0 spiro atoms. The highest BCUT2D eigenvalue weighted by molar-refractivity contribution is 5.99. The summed E-state index contributed by atoms with van der Waals surface area (Å²) in [5.74, 6) is -0.996. The highest BCUT2D eigenvalue weighted by Crippen LogP contribution is 2.29. The number of alkyl halides is 2. The van der Waals surface area contributed by atoms with E-state index in [2.05, 4.69) is 10.3 Å². The van der Waals surface area contributed by atoms with Crippen LogP contribution in [-0.4, -0.2) is 32.5 Å². The molecule has 0 aromatic carbocycles. The predicted octanol–water partition coefficient (Wildman–Crippen LogP) is 1.49. The van der Waals surface area contributed by atoms with Crippen molar-refractivity contribution in [1.82, 2.24) is 19.4 Å². The standard InChI is InChI=1S/C18H22F2N4O3/c1-9-12(16(25)22-11-6-4-10(5-7-11)14(19)20)8-21-15-13(9)17(26)24(3)18(27)23(15)2/h8,10-11,14H,4-7H2,1-3H3,(H,22,25). The first-order chi connectivity index (χ1) is 12.7. The molecule has 27 heavy (non-hydrogen) atoms. The van der Waals surface area contributed by atoms with Crippen LogP contribution in [0, 0.1) is 12.8 Å². The molecule has 2 aromatic rings. The summed E-state index contributed by atoms with van der Waals surface area (Å²) >= 11 is 0. The average molecular weight is 380 g/mol. The van der Waals surface area contributed by atoms with Crippen molar-refractivity contribution in [2.45, 2.75) is 45.1 Å². The first-order valence-corrected chi connectivity index (χ1v) is 8.86. The van der Waals surface area contributed by atoms with Crippen molar-refractivity contribution in [3.63, 3.8) is 0 Å². The van der Waals surface area contributed by atoms with E-state index in [1.54, 1.807) is 6.92 Å². The van der Waals surface area contributed by atoms with Crippen LogP contribution < -0.4 is 16.6 Å². The third-order valence-corrected chi connectivity index (χ3v) is 5.44. The number of aryl methyl sites for hydroxylation is 2. The van der Waals surface area contributed by atoms with Crippen molar-refractivity contribution >= 4 is 16.9 Å². The van der Waals surface area contributed by atoms with Gasteiger partial charge in [-0.1, -0.05) is 0 Å². The van der Waals surface area contributed by atoms with Crippen LogP contribution in [0.2, 0.25) is 0 Å². The number of halogens is 2. The summed E-state index contributed by atoms with van der Waals surface area (Å²) in [5.41, 5.74) is -0.101. The van der Waals surface area contributed by atoms with Gasteiger partial charge in [0.15, 0.2) is 0 Å². The number of nitrogens with zero attached hydrogens (tertiary/aromatic N) is 3. The van der Waals surface area contributed by atoms with Gasteiger partial charge in [0.2, 0.25) is 6.43 Å². The molecule has 1 fully saturated rings. The lowest BCUT2D eigenvalue weighted by Gasteiger charge is -2.28. The molecular weight excluding hydrogens is 358 g/mol. The maximum atomic E-state index is 12.8. The van der Waals surface area contributed by atoms with Crippen LogP contribution in [0.3, 0.4) is 0 Å². The van der Waals surface area contributed by atoms with Crippen LogP contribution in [0.15, 0.2) is 15.8 Å². The molecule has 9 heteroatoms. The molecule has 0 radical (unpaired) electrons. The topological polar surface area (TPSA) is 86.0 Å². The Balaban J connectivity index is 1.89. The molecule has 1 aliphatic carbocycles. The maximum Gasteiger partial charge on any atom is 0.332 e. The second-order valence-electron chi connectivity index (χ2n) is 7.12. The molecule has 0 bridgehead atoms. The SMILES string of the molecule is Cc1c(C(=O)NC2CCC(C(F)F)CC2)cnc2c1c(=O)n(C)c(=O)n2C. The zero-order chi connectivity index (χ0) is 19.9. The second kappa shape index (κ2) is 7.21. The van der Waals surface area contributed by atoms with Gasteiger partial charge in [-0.15, -0.1) is 0 Å². The van der Waals surface area contributed by atoms with Crippen molar-refractivity contribution in [2.24, 2.45) is 20.0 Å². The number of hydrogen-bond donors (Lipinski definition) is 1. The lowest BCUT2D eigenvalue weighted by Crippen LogP contribution is -2.40. The van der Waals surface area contributed by atoms with Crippen molar-refractivity contribution in [1.29, 1.82) is 0 Å². The first-order valence-electron chi connectivity index (χ1n) is 8.86. The van der Waals surface area contributed by atoms with E-state index in [4.69, 9.17) is 0 Å². The third kappa shape index (κ3) is 3.38. The lowest BCUT2D eigenvalue weighted by molar-refractivity contribution is 0.0499. The van der Waals surface area contributed by atoms with Crippen molar-refractivity contribution in [3.05, 3.63) is 38.2 Å². The molecule has 7 nitrogen and oxygen atoms in total. The van der Waals surface area contributed by atoms with Gasteiger partial charge in [-0.2, -0.15) is 0 Å². The number of pyridine rings is 1. The smallest absolute Gasteiger partial charge is 0.332 e. The second-order valence-corrected chi connectivity index (χ2v) is 7.12. The zero-order valence-electron chi connectivity index (χ0n) is 15.5. The van der Waals surface area contributed by atoms with Crippen LogP contribution in [0.4, 0.5) is 8.78 Å². The molecule has 0 aliphatic heterocycles. The fourth-order valence-corrected chi connectivity index (χ4v) is 3.68. The Morgan fingerprint density at radius 1 is 1.19 bits per heavy atom.